The Hall–Kier alpha value is -2.12. The fourth-order valence-corrected chi connectivity index (χ4v) is 2.39. The Morgan fingerprint density at radius 3 is 0.911 bits per heavy atom. The van der Waals surface area contributed by atoms with Crippen molar-refractivity contribution in [1.29, 1.82) is 0 Å². The Labute approximate surface area is 230 Å². The molecule has 0 aliphatic heterocycles. The molecule has 1 atom stereocenters. The van der Waals surface area contributed by atoms with Crippen molar-refractivity contribution in [2.75, 3.05) is 0 Å². The van der Waals surface area contributed by atoms with E-state index >= 15 is 0 Å². The maximum absolute atomic E-state index is 12.9. The average Bonchev–Trinajstić information content (AvgIpc) is 2.81. The van der Waals surface area contributed by atoms with E-state index in [9.17, 15) is 114 Å². The largest absolute Gasteiger partial charge is 0.460 e. The summed E-state index contributed by atoms with van der Waals surface area (Å²) in [6.07, 6.45) is -22.4. The second kappa shape index (κ2) is 12.2. The summed E-state index contributed by atoms with van der Waals surface area (Å²) >= 11 is 0. The molecule has 0 saturated carbocycles. The molecule has 0 amide bonds. The summed E-state index contributed by atoms with van der Waals surface area (Å²) in [7, 11) is 0. The Bertz CT molecular complexity index is 1000. The van der Waals surface area contributed by atoms with E-state index < -0.39 is 96.6 Å². The van der Waals surface area contributed by atoms with Gasteiger partial charge in [-0.3, -0.25) is 0 Å². The van der Waals surface area contributed by atoms with Crippen LogP contribution >= 0.6 is 0 Å². The van der Waals surface area contributed by atoms with Crippen LogP contribution in [0.5, 0.6) is 0 Å². The number of hydrogen-bond acceptors (Lipinski definition) is 1. The number of alkyl halides is 26. The van der Waals surface area contributed by atoms with Crippen LogP contribution in [0.25, 0.3) is 0 Å². The van der Waals surface area contributed by atoms with E-state index in [4.69, 9.17) is 5.11 Å². The standard InChI is InChI=1S/C9H5F13O.C9H7F13/c1-2-3(23)4(10,11)5(12,13)6(14,15)7(16,17)8(18,19)9(20,21)22;1-2-3-4(10,11)5(12,13)6(14,15)7(16,17)8(18,19)9(20,21)22/h2-3,23H,1H2;2-3H2,1H3. The Kier molecular flexibility index (Phi) is 12.2. The summed E-state index contributed by atoms with van der Waals surface area (Å²) in [6.45, 7) is 2.99. The fraction of sp³-hybridized carbons (Fsp3) is 0.889. The molecule has 1 unspecified atom stereocenters. The number of aliphatic hydroxyl groups excluding tert-OH is 1. The van der Waals surface area contributed by atoms with Crippen molar-refractivity contribution >= 4 is 0 Å². The zero-order valence-corrected chi connectivity index (χ0v) is 20.6. The van der Waals surface area contributed by atoms with Gasteiger partial charge < -0.3 is 5.11 Å². The van der Waals surface area contributed by atoms with Crippen molar-refractivity contribution in [1.82, 2.24) is 0 Å². The topological polar surface area (TPSA) is 20.2 Å². The monoisotopic (exact) mass is 738 g/mol. The van der Waals surface area contributed by atoms with Crippen LogP contribution in [-0.4, -0.2) is 82.8 Å². The summed E-state index contributed by atoms with van der Waals surface area (Å²) in [6, 6.07) is 0. The molecule has 0 fully saturated rings. The second-order valence-electron chi connectivity index (χ2n) is 8.35. The van der Waals surface area contributed by atoms with E-state index in [1.165, 1.54) is 0 Å². The summed E-state index contributed by atoms with van der Waals surface area (Å²) in [4.78, 5) is 0. The van der Waals surface area contributed by atoms with Gasteiger partial charge in [0.05, 0.1) is 0 Å². The van der Waals surface area contributed by atoms with Crippen LogP contribution in [0, 0.1) is 0 Å². The first-order chi connectivity index (χ1) is 19.0. The molecule has 0 radical (unpaired) electrons. The van der Waals surface area contributed by atoms with Crippen molar-refractivity contribution in [3.63, 3.8) is 0 Å². The van der Waals surface area contributed by atoms with Gasteiger partial charge in [-0.15, -0.1) is 6.58 Å². The first-order valence-electron chi connectivity index (χ1n) is 10.3. The maximum atomic E-state index is 12.9. The maximum Gasteiger partial charge on any atom is 0.460 e. The highest BCUT2D eigenvalue weighted by Gasteiger charge is 2.92. The molecule has 0 aromatic heterocycles. The molecule has 272 valence electrons. The molecule has 0 heterocycles. The van der Waals surface area contributed by atoms with E-state index in [1.54, 1.807) is 0 Å². The third-order valence-electron chi connectivity index (χ3n) is 5.11. The van der Waals surface area contributed by atoms with E-state index in [1.807, 2.05) is 0 Å². The van der Waals surface area contributed by atoms with Crippen molar-refractivity contribution in [2.24, 2.45) is 0 Å². The molecule has 0 aliphatic rings. The van der Waals surface area contributed by atoms with Gasteiger partial charge in [0, 0.05) is 6.42 Å². The lowest BCUT2D eigenvalue weighted by atomic mass is 9.91. The predicted molar refractivity (Wildman–Crippen MR) is 92.7 cm³/mol. The minimum atomic E-state index is -7.97. The molecule has 45 heavy (non-hydrogen) atoms. The number of rotatable bonds is 12. The number of aliphatic hydroxyl groups is 1. The van der Waals surface area contributed by atoms with Gasteiger partial charge in [0.1, 0.15) is 6.10 Å². The van der Waals surface area contributed by atoms with Crippen LogP contribution < -0.4 is 0 Å². The summed E-state index contributed by atoms with van der Waals surface area (Å²) in [5.41, 5.74) is 0. The van der Waals surface area contributed by atoms with Gasteiger partial charge in [-0.25, -0.2) is 0 Å². The van der Waals surface area contributed by atoms with Gasteiger partial charge in [-0.05, 0) is 0 Å². The molecule has 0 aliphatic carbocycles. The Morgan fingerprint density at radius 2 is 0.689 bits per heavy atom. The third kappa shape index (κ3) is 6.68. The predicted octanol–water partition coefficient (Wildman–Crippen LogP) is 9.80. The highest BCUT2D eigenvalue weighted by atomic mass is 19.4. The molecule has 0 saturated heterocycles. The highest BCUT2D eigenvalue weighted by molar-refractivity contribution is 5.13. The van der Waals surface area contributed by atoms with Gasteiger partial charge in [0.25, 0.3) is 0 Å². The van der Waals surface area contributed by atoms with Crippen molar-refractivity contribution < 1.29 is 119 Å². The first kappa shape index (κ1) is 45.0. The molecule has 0 spiro atoms. The van der Waals surface area contributed by atoms with Crippen molar-refractivity contribution in [3.8, 4) is 0 Å². The quantitative estimate of drug-likeness (QED) is 0.156. The Balaban J connectivity index is 0. The van der Waals surface area contributed by atoms with Gasteiger partial charge in [0.2, 0.25) is 0 Å². The molecule has 1 N–H and O–H groups in total. The Morgan fingerprint density at radius 1 is 0.444 bits per heavy atom. The SMILES string of the molecule is C=CC(O)C(F)(F)C(F)(F)C(F)(F)C(F)(F)C(F)(F)C(F)(F)F.CCCC(F)(F)C(F)(F)C(F)(F)C(F)(F)C(F)(F)C(F)(F)F. The summed E-state index contributed by atoms with van der Waals surface area (Å²) in [5, 5.41) is 8.38. The van der Waals surface area contributed by atoms with Crippen LogP contribution in [0.1, 0.15) is 19.8 Å². The van der Waals surface area contributed by atoms with Crippen molar-refractivity contribution in [3.05, 3.63) is 12.7 Å². The van der Waals surface area contributed by atoms with E-state index in [2.05, 4.69) is 6.58 Å². The molecule has 27 heteroatoms. The fourth-order valence-electron chi connectivity index (χ4n) is 2.39. The van der Waals surface area contributed by atoms with Gasteiger partial charge >= 0.3 is 71.6 Å². The molecular formula is C18H12F26O. The van der Waals surface area contributed by atoms with E-state index in [0.717, 1.165) is 6.92 Å². The molecular weight excluding hydrogens is 726 g/mol. The minimum absolute atomic E-state index is 0.538. The number of halogens is 26. The molecule has 0 aromatic rings. The van der Waals surface area contributed by atoms with Crippen LogP contribution in [0.15, 0.2) is 12.7 Å². The molecule has 1 nitrogen and oxygen atoms in total. The van der Waals surface area contributed by atoms with E-state index in [-0.39, 0.29) is 0 Å². The van der Waals surface area contributed by atoms with E-state index in [0.29, 0.717) is 0 Å². The van der Waals surface area contributed by atoms with Gasteiger partial charge in [-0.2, -0.15) is 114 Å². The lowest BCUT2D eigenvalue weighted by Gasteiger charge is -2.40. The van der Waals surface area contributed by atoms with Crippen LogP contribution in [0.4, 0.5) is 114 Å². The zero-order valence-electron chi connectivity index (χ0n) is 20.6. The van der Waals surface area contributed by atoms with Crippen LogP contribution in [-0.2, 0) is 0 Å². The van der Waals surface area contributed by atoms with Crippen molar-refractivity contribution in [2.45, 2.75) is 97.4 Å². The third-order valence-corrected chi connectivity index (χ3v) is 5.11. The lowest BCUT2D eigenvalue weighted by molar-refractivity contribution is -0.443. The van der Waals surface area contributed by atoms with Crippen LogP contribution in [0.2, 0.25) is 0 Å². The number of hydrogen-bond donors (Lipinski definition) is 1. The van der Waals surface area contributed by atoms with Gasteiger partial charge in [0.15, 0.2) is 0 Å². The van der Waals surface area contributed by atoms with Gasteiger partial charge in [-0.1, -0.05) is 19.4 Å². The summed E-state index contributed by atoms with van der Waals surface area (Å²) in [5.74, 6) is -73.9. The molecule has 0 bridgehead atoms. The first-order valence-corrected chi connectivity index (χ1v) is 10.3. The lowest BCUT2D eigenvalue weighted by Crippen LogP contribution is -2.71. The minimum Gasteiger partial charge on any atom is -0.382 e. The average molecular weight is 738 g/mol. The normalized spacial score (nSPS) is 16.6. The smallest absolute Gasteiger partial charge is 0.382 e. The van der Waals surface area contributed by atoms with Crippen LogP contribution in [0.3, 0.4) is 0 Å². The molecule has 0 rings (SSSR count). The second-order valence-corrected chi connectivity index (χ2v) is 8.35. The summed E-state index contributed by atoms with van der Waals surface area (Å²) < 4.78 is 325. The zero-order chi connectivity index (χ0) is 37.7. The highest BCUT2D eigenvalue weighted by Crippen LogP contribution is 2.62. The molecule has 0 aromatic carbocycles.